The molecule has 2 aromatic rings. The summed E-state index contributed by atoms with van der Waals surface area (Å²) in [4.78, 5) is 33.5. The number of hydrogen-bond acceptors (Lipinski definition) is 6. The van der Waals surface area contributed by atoms with Crippen LogP contribution in [0.1, 0.15) is 40.0 Å². The van der Waals surface area contributed by atoms with Gasteiger partial charge in [0.05, 0.1) is 5.69 Å². The molecule has 7 nitrogen and oxygen atoms in total. The minimum atomic E-state index is -0.611. The predicted octanol–water partition coefficient (Wildman–Crippen LogP) is 3.99. The molecule has 3 rings (SSSR count). The number of benzene rings is 1. The highest BCUT2D eigenvalue weighted by Crippen LogP contribution is 2.30. The van der Waals surface area contributed by atoms with Gasteiger partial charge in [-0.25, -0.2) is 9.78 Å². The normalized spacial score (nSPS) is 17.4. The molecule has 1 fully saturated rings. The Balaban J connectivity index is 1.90. The van der Waals surface area contributed by atoms with Gasteiger partial charge < -0.3 is 4.74 Å². The van der Waals surface area contributed by atoms with Crippen LogP contribution in [0.15, 0.2) is 36.7 Å². The molecule has 144 valence electrons. The quantitative estimate of drug-likeness (QED) is 0.795. The fourth-order valence-corrected chi connectivity index (χ4v) is 3.61. The molecule has 2 heterocycles. The lowest BCUT2D eigenvalue weighted by atomic mass is 10.0. The van der Waals surface area contributed by atoms with E-state index in [0.717, 1.165) is 24.4 Å². The Kier molecular flexibility index (Phi) is 5.74. The van der Waals surface area contributed by atoms with Gasteiger partial charge in [0.25, 0.3) is 5.91 Å². The molecule has 1 aliphatic heterocycles. The fraction of sp³-hybridized carbons (Fsp3) is 0.474. The number of nitrogens with zero attached hydrogens (tertiary/aromatic N) is 4. The van der Waals surface area contributed by atoms with Crippen molar-refractivity contribution in [3.63, 3.8) is 0 Å². The van der Waals surface area contributed by atoms with Crippen molar-refractivity contribution in [1.29, 1.82) is 0 Å². The highest BCUT2D eigenvalue weighted by atomic mass is 32.1. The van der Waals surface area contributed by atoms with Gasteiger partial charge in [-0.1, -0.05) is 18.2 Å². The molecule has 27 heavy (non-hydrogen) atoms. The molecule has 0 aliphatic carbocycles. The Morgan fingerprint density at radius 1 is 1.22 bits per heavy atom. The lowest BCUT2D eigenvalue weighted by Gasteiger charge is -2.37. The maximum atomic E-state index is 13.5. The second kappa shape index (κ2) is 8.04. The number of rotatable bonds is 3. The Labute approximate surface area is 163 Å². The van der Waals surface area contributed by atoms with Crippen LogP contribution in [0.5, 0.6) is 0 Å². The van der Waals surface area contributed by atoms with E-state index in [2.05, 4.69) is 9.36 Å². The van der Waals surface area contributed by atoms with Crippen molar-refractivity contribution in [3.8, 4) is 0 Å². The van der Waals surface area contributed by atoms with Crippen molar-refractivity contribution in [2.45, 2.75) is 51.7 Å². The van der Waals surface area contributed by atoms with Gasteiger partial charge in [0.1, 0.15) is 18.0 Å². The Hall–Kier alpha value is -2.48. The molecule has 0 spiro atoms. The molecular weight excluding hydrogens is 364 g/mol. The van der Waals surface area contributed by atoms with Crippen molar-refractivity contribution in [3.05, 3.63) is 36.7 Å². The summed E-state index contributed by atoms with van der Waals surface area (Å²) in [5.41, 5.74) is 0.0921. The molecule has 1 saturated heterocycles. The Morgan fingerprint density at radius 2 is 1.96 bits per heavy atom. The van der Waals surface area contributed by atoms with E-state index >= 15 is 0 Å². The molecular formula is C19H24N4O3S. The van der Waals surface area contributed by atoms with Crippen molar-refractivity contribution >= 4 is 34.4 Å². The highest BCUT2D eigenvalue weighted by molar-refractivity contribution is 7.09. The first-order chi connectivity index (χ1) is 12.9. The van der Waals surface area contributed by atoms with Crippen molar-refractivity contribution in [1.82, 2.24) is 14.3 Å². The number of piperidine rings is 1. The fourth-order valence-electron chi connectivity index (χ4n) is 3.05. The van der Waals surface area contributed by atoms with Crippen LogP contribution in [-0.2, 0) is 9.53 Å². The molecule has 8 heteroatoms. The van der Waals surface area contributed by atoms with Crippen LogP contribution in [-0.4, -0.2) is 44.4 Å². The van der Waals surface area contributed by atoms with E-state index in [0.29, 0.717) is 23.8 Å². The van der Waals surface area contributed by atoms with E-state index in [1.54, 1.807) is 9.80 Å². The molecule has 0 radical (unpaired) electrons. The Bertz CT molecular complexity index is 774. The lowest BCUT2D eigenvalue weighted by molar-refractivity contribution is -0.124. The first-order valence-corrected chi connectivity index (χ1v) is 9.79. The van der Waals surface area contributed by atoms with Gasteiger partial charge in [0, 0.05) is 18.1 Å². The molecule has 1 aromatic carbocycles. The zero-order valence-electron chi connectivity index (χ0n) is 15.8. The summed E-state index contributed by atoms with van der Waals surface area (Å²) in [5.74, 6) is -0.191. The van der Waals surface area contributed by atoms with Crippen LogP contribution in [0.25, 0.3) is 0 Å². The van der Waals surface area contributed by atoms with Crippen LogP contribution >= 0.6 is 11.5 Å². The first-order valence-electron chi connectivity index (χ1n) is 9.02. The number of likely N-dealkylation sites (tertiary alicyclic amines) is 1. The maximum Gasteiger partial charge on any atom is 0.410 e. The largest absolute Gasteiger partial charge is 0.444 e. The molecule has 0 bridgehead atoms. The second-order valence-electron chi connectivity index (χ2n) is 7.42. The number of amides is 2. The van der Waals surface area contributed by atoms with Crippen LogP contribution < -0.4 is 4.90 Å². The number of anilines is 2. The van der Waals surface area contributed by atoms with E-state index in [-0.39, 0.29) is 5.91 Å². The van der Waals surface area contributed by atoms with Gasteiger partial charge >= 0.3 is 6.09 Å². The van der Waals surface area contributed by atoms with Crippen molar-refractivity contribution in [2.75, 3.05) is 11.4 Å². The Morgan fingerprint density at radius 3 is 2.59 bits per heavy atom. The van der Waals surface area contributed by atoms with E-state index in [1.807, 2.05) is 51.1 Å². The van der Waals surface area contributed by atoms with E-state index < -0.39 is 17.7 Å². The molecule has 0 saturated carbocycles. The van der Waals surface area contributed by atoms with Gasteiger partial charge in [0.2, 0.25) is 5.13 Å². The van der Waals surface area contributed by atoms with Crippen LogP contribution in [0.3, 0.4) is 0 Å². The average molecular weight is 388 g/mol. The van der Waals surface area contributed by atoms with Gasteiger partial charge in [-0.05, 0) is 52.2 Å². The van der Waals surface area contributed by atoms with E-state index in [4.69, 9.17) is 4.74 Å². The zero-order chi connectivity index (χ0) is 19.4. The first kappa shape index (κ1) is 19.3. The number of aromatic nitrogens is 2. The summed E-state index contributed by atoms with van der Waals surface area (Å²) in [6.45, 7) is 5.97. The standard InChI is InChI=1S/C19H24N4O3S/c1-19(2,3)26-18(25)22-12-8-7-11-15(22)16(24)23(17-20-13-21-27-17)14-9-5-4-6-10-14/h4-6,9-10,13,15H,7-8,11-12H2,1-3H3. The summed E-state index contributed by atoms with van der Waals surface area (Å²) >= 11 is 1.15. The molecule has 1 atom stereocenters. The second-order valence-corrected chi connectivity index (χ2v) is 8.18. The molecule has 1 unspecified atom stereocenters. The van der Waals surface area contributed by atoms with Crippen molar-refractivity contribution in [2.24, 2.45) is 0 Å². The summed E-state index contributed by atoms with van der Waals surface area (Å²) in [6, 6.07) is 8.73. The van der Waals surface area contributed by atoms with Gasteiger partial charge in [-0.3, -0.25) is 14.6 Å². The number of carbonyl (C=O) groups is 2. The van der Waals surface area contributed by atoms with Gasteiger partial charge in [0.15, 0.2) is 0 Å². The monoisotopic (exact) mass is 388 g/mol. The third-order valence-corrected chi connectivity index (χ3v) is 4.84. The van der Waals surface area contributed by atoms with E-state index in [9.17, 15) is 9.59 Å². The number of carbonyl (C=O) groups excluding carboxylic acids is 2. The SMILES string of the molecule is CC(C)(C)OC(=O)N1CCCCC1C(=O)N(c1ccccc1)c1ncns1. The van der Waals surface area contributed by atoms with Crippen LogP contribution in [0.4, 0.5) is 15.6 Å². The third-order valence-electron chi connectivity index (χ3n) is 4.19. The van der Waals surface area contributed by atoms with Gasteiger partial charge in [-0.15, -0.1) is 0 Å². The molecule has 0 N–H and O–H groups in total. The minimum Gasteiger partial charge on any atom is -0.444 e. The summed E-state index contributed by atoms with van der Waals surface area (Å²) < 4.78 is 9.55. The summed E-state index contributed by atoms with van der Waals surface area (Å²) in [6.07, 6.45) is 3.31. The number of para-hydroxylation sites is 1. The van der Waals surface area contributed by atoms with Gasteiger partial charge in [-0.2, -0.15) is 4.37 Å². The van der Waals surface area contributed by atoms with Crippen molar-refractivity contribution < 1.29 is 14.3 Å². The topological polar surface area (TPSA) is 75.6 Å². The van der Waals surface area contributed by atoms with E-state index in [1.165, 1.54) is 6.33 Å². The minimum absolute atomic E-state index is 0.191. The maximum absolute atomic E-state index is 13.5. The number of ether oxygens (including phenoxy) is 1. The molecule has 1 aliphatic rings. The highest BCUT2D eigenvalue weighted by Gasteiger charge is 2.38. The lowest BCUT2D eigenvalue weighted by Crippen LogP contribution is -2.53. The molecule has 2 amide bonds. The summed E-state index contributed by atoms with van der Waals surface area (Å²) in [5, 5.41) is 0.487. The molecule has 1 aromatic heterocycles. The zero-order valence-corrected chi connectivity index (χ0v) is 16.6. The average Bonchev–Trinajstić information content (AvgIpc) is 3.15. The predicted molar refractivity (Wildman–Crippen MR) is 104 cm³/mol. The van der Waals surface area contributed by atoms with Crippen LogP contribution in [0, 0.1) is 0 Å². The smallest absolute Gasteiger partial charge is 0.410 e. The summed E-state index contributed by atoms with van der Waals surface area (Å²) in [7, 11) is 0. The van der Waals surface area contributed by atoms with Crippen LogP contribution in [0.2, 0.25) is 0 Å². The number of hydrogen-bond donors (Lipinski definition) is 0. The third kappa shape index (κ3) is 4.63.